The lowest BCUT2D eigenvalue weighted by Gasteiger charge is -2.26. The van der Waals surface area contributed by atoms with Crippen molar-refractivity contribution in [3.05, 3.63) is 72.3 Å². The van der Waals surface area contributed by atoms with E-state index in [4.69, 9.17) is 0 Å². The van der Waals surface area contributed by atoms with E-state index in [1.165, 1.54) is 0 Å². The predicted octanol–water partition coefficient (Wildman–Crippen LogP) is 3.31. The molecule has 0 aromatic heterocycles. The molecular weight excluding hydrogens is 412 g/mol. The Morgan fingerprint density at radius 2 is 1.81 bits per heavy atom. The molecule has 7 heteroatoms. The van der Waals surface area contributed by atoms with Crippen LogP contribution in [0, 0.1) is 0 Å². The van der Waals surface area contributed by atoms with Crippen LogP contribution in [0.5, 0.6) is 0 Å². The minimum Gasteiger partial charge on any atom is -0.381 e. The third kappa shape index (κ3) is 4.65. The molecule has 0 bridgehead atoms. The molecule has 2 amide bonds. The molecule has 0 spiro atoms. The van der Waals surface area contributed by atoms with Crippen LogP contribution in [0.2, 0.25) is 0 Å². The van der Waals surface area contributed by atoms with Crippen LogP contribution in [0.1, 0.15) is 12.5 Å². The number of amides is 2. The van der Waals surface area contributed by atoms with Crippen molar-refractivity contribution in [1.29, 1.82) is 0 Å². The van der Waals surface area contributed by atoms with Crippen molar-refractivity contribution in [2.24, 2.45) is 0 Å². The van der Waals surface area contributed by atoms with Gasteiger partial charge in [-0.3, -0.25) is 9.59 Å². The maximum Gasteiger partial charge on any atom is 0.251 e. The highest BCUT2D eigenvalue weighted by Gasteiger charge is 2.32. The van der Waals surface area contributed by atoms with Gasteiger partial charge in [-0.15, -0.1) is 12.4 Å². The summed E-state index contributed by atoms with van der Waals surface area (Å²) in [4.78, 5) is 27.8. The van der Waals surface area contributed by atoms with Crippen LogP contribution in [0.15, 0.2) is 66.7 Å². The van der Waals surface area contributed by atoms with E-state index in [1.54, 1.807) is 18.9 Å². The van der Waals surface area contributed by atoms with Crippen molar-refractivity contribution >= 4 is 46.4 Å². The van der Waals surface area contributed by atoms with Crippen molar-refractivity contribution in [2.75, 3.05) is 23.8 Å². The Morgan fingerprint density at radius 3 is 2.61 bits per heavy atom. The van der Waals surface area contributed by atoms with E-state index in [2.05, 4.69) is 34.1 Å². The number of halogens is 1. The van der Waals surface area contributed by atoms with Crippen molar-refractivity contribution in [3.63, 3.8) is 0 Å². The van der Waals surface area contributed by atoms with Crippen molar-refractivity contribution in [3.8, 4) is 0 Å². The van der Waals surface area contributed by atoms with Gasteiger partial charge >= 0.3 is 0 Å². The van der Waals surface area contributed by atoms with E-state index in [9.17, 15) is 9.59 Å². The van der Waals surface area contributed by atoms with Crippen LogP contribution < -0.4 is 20.9 Å². The molecule has 3 aromatic rings. The van der Waals surface area contributed by atoms with Crippen molar-refractivity contribution in [2.45, 2.75) is 25.6 Å². The molecule has 162 valence electrons. The zero-order valence-electron chi connectivity index (χ0n) is 17.6. The Balaban J connectivity index is 0.00000272. The molecule has 0 radical (unpaired) electrons. The monoisotopic (exact) mass is 438 g/mol. The average Bonchev–Trinajstić information content (AvgIpc) is 2.91. The Kier molecular flexibility index (Phi) is 7.15. The number of carbonyl (C=O) groups is 2. The second-order valence-corrected chi connectivity index (χ2v) is 7.53. The van der Waals surface area contributed by atoms with Crippen LogP contribution in [-0.4, -0.2) is 37.5 Å². The lowest BCUT2D eigenvalue weighted by molar-refractivity contribution is -0.128. The fourth-order valence-corrected chi connectivity index (χ4v) is 3.77. The lowest BCUT2D eigenvalue weighted by atomic mass is 10.0. The standard InChI is InChI=1S/C24H26N4O2.ClH/c1-16(25-2)23(29)27-21-14-26-20-12-5-6-13-22(20)28(24(21)30)15-18-10-7-9-17-8-3-4-11-19(17)18;/h3-13,16,21,25-26H,14-15H2,1-2H3,(H,27,29);1H. The lowest BCUT2D eigenvalue weighted by Crippen LogP contribution is -2.54. The molecule has 0 aliphatic carbocycles. The summed E-state index contributed by atoms with van der Waals surface area (Å²) in [6.45, 7) is 2.53. The number of anilines is 2. The van der Waals surface area contributed by atoms with Gasteiger partial charge in [0.1, 0.15) is 6.04 Å². The molecule has 0 saturated carbocycles. The van der Waals surface area contributed by atoms with Crippen LogP contribution in [0.3, 0.4) is 0 Å². The van der Waals surface area contributed by atoms with Gasteiger partial charge in [-0.2, -0.15) is 0 Å². The number of benzene rings is 3. The van der Waals surface area contributed by atoms with Crippen molar-refractivity contribution in [1.82, 2.24) is 10.6 Å². The second kappa shape index (κ2) is 9.81. The summed E-state index contributed by atoms with van der Waals surface area (Å²) in [6, 6.07) is 21.0. The van der Waals surface area contributed by atoms with Crippen LogP contribution in [0.4, 0.5) is 11.4 Å². The summed E-state index contributed by atoms with van der Waals surface area (Å²) in [5.74, 6) is -0.328. The van der Waals surface area contributed by atoms with Gasteiger partial charge in [0.2, 0.25) is 5.91 Å². The molecule has 6 nitrogen and oxygen atoms in total. The number of carbonyl (C=O) groups excluding carboxylic acids is 2. The molecule has 0 saturated heterocycles. The molecule has 3 aromatic carbocycles. The molecule has 31 heavy (non-hydrogen) atoms. The van der Waals surface area contributed by atoms with E-state index in [0.717, 1.165) is 27.7 Å². The number of hydrogen-bond acceptors (Lipinski definition) is 4. The van der Waals surface area contributed by atoms with Gasteiger partial charge in [0.05, 0.1) is 24.0 Å². The molecule has 1 aliphatic heterocycles. The topological polar surface area (TPSA) is 73.5 Å². The quantitative estimate of drug-likeness (QED) is 0.571. The van der Waals surface area contributed by atoms with Crippen LogP contribution in [0.25, 0.3) is 10.8 Å². The third-order valence-corrected chi connectivity index (χ3v) is 5.61. The molecule has 2 unspecified atom stereocenters. The molecular formula is C24H27ClN4O2. The number of para-hydroxylation sites is 2. The average molecular weight is 439 g/mol. The van der Waals surface area contributed by atoms with E-state index in [0.29, 0.717) is 13.1 Å². The van der Waals surface area contributed by atoms with Crippen LogP contribution in [-0.2, 0) is 16.1 Å². The van der Waals surface area contributed by atoms with Gasteiger partial charge in [-0.05, 0) is 42.4 Å². The Labute approximate surface area is 188 Å². The molecule has 4 rings (SSSR count). The van der Waals surface area contributed by atoms with Gasteiger partial charge in [0, 0.05) is 6.54 Å². The third-order valence-electron chi connectivity index (χ3n) is 5.61. The minimum atomic E-state index is -0.657. The fourth-order valence-electron chi connectivity index (χ4n) is 3.77. The zero-order chi connectivity index (χ0) is 21.1. The highest BCUT2D eigenvalue weighted by atomic mass is 35.5. The number of nitrogens with zero attached hydrogens (tertiary/aromatic N) is 1. The van der Waals surface area contributed by atoms with Gasteiger partial charge in [0.25, 0.3) is 5.91 Å². The van der Waals surface area contributed by atoms with Gasteiger partial charge < -0.3 is 20.9 Å². The smallest absolute Gasteiger partial charge is 0.251 e. The van der Waals surface area contributed by atoms with E-state index < -0.39 is 6.04 Å². The van der Waals surface area contributed by atoms with E-state index in [1.807, 2.05) is 48.5 Å². The molecule has 1 aliphatic rings. The maximum atomic E-state index is 13.5. The summed E-state index contributed by atoms with van der Waals surface area (Å²) < 4.78 is 0. The second-order valence-electron chi connectivity index (χ2n) is 7.53. The molecule has 3 N–H and O–H groups in total. The van der Waals surface area contributed by atoms with Crippen LogP contribution >= 0.6 is 12.4 Å². The number of nitrogens with one attached hydrogen (secondary N) is 3. The maximum absolute atomic E-state index is 13.5. The van der Waals surface area contributed by atoms with Gasteiger partial charge in [0.15, 0.2) is 0 Å². The number of fused-ring (bicyclic) bond motifs is 2. The van der Waals surface area contributed by atoms with E-state index in [-0.39, 0.29) is 30.3 Å². The Hall–Kier alpha value is -3.09. The first-order valence-electron chi connectivity index (χ1n) is 10.2. The minimum absolute atomic E-state index is 0. The first kappa shape index (κ1) is 22.6. The van der Waals surface area contributed by atoms with E-state index >= 15 is 0 Å². The Morgan fingerprint density at radius 1 is 1.10 bits per heavy atom. The first-order valence-corrected chi connectivity index (χ1v) is 10.2. The first-order chi connectivity index (χ1) is 14.6. The van der Waals surface area contributed by atoms with Crippen molar-refractivity contribution < 1.29 is 9.59 Å². The molecule has 1 heterocycles. The molecule has 2 atom stereocenters. The largest absolute Gasteiger partial charge is 0.381 e. The summed E-state index contributed by atoms with van der Waals surface area (Å²) in [6.07, 6.45) is 0. The zero-order valence-corrected chi connectivity index (χ0v) is 18.4. The highest BCUT2D eigenvalue weighted by molar-refractivity contribution is 6.04. The summed E-state index contributed by atoms with van der Waals surface area (Å²) >= 11 is 0. The fraction of sp³-hybridized carbons (Fsp3) is 0.250. The number of hydrogen-bond donors (Lipinski definition) is 3. The summed E-state index contributed by atoms with van der Waals surface area (Å²) in [5.41, 5.74) is 2.75. The summed E-state index contributed by atoms with van der Waals surface area (Å²) in [5, 5.41) is 11.4. The number of rotatable bonds is 5. The highest BCUT2D eigenvalue weighted by Crippen LogP contribution is 2.31. The number of likely N-dealkylation sites (N-methyl/N-ethyl adjacent to an activating group) is 1. The Bertz CT molecular complexity index is 1080. The molecule has 0 fully saturated rings. The van der Waals surface area contributed by atoms with Gasteiger partial charge in [-0.1, -0.05) is 54.6 Å². The SMILES string of the molecule is CNC(C)C(=O)NC1CNc2ccccc2N(Cc2cccc3ccccc23)C1=O.Cl. The normalized spacial score (nSPS) is 16.5. The summed E-state index contributed by atoms with van der Waals surface area (Å²) in [7, 11) is 1.72. The predicted molar refractivity (Wildman–Crippen MR) is 128 cm³/mol. The van der Waals surface area contributed by atoms with Gasteiger partial charge in [-0.25, -0.2) is 0 Å².